The van der Waals surface area contributed by atoms with Crippen molar-refractivity contribution in [3.05, 3.63) is 28.2 Å². The SMILES string of the molecule is CN(c1ccc(Cl)s1)c1cc(C2CCN(C(=O)O)C2)nn1C(=O)C(C)(C)C. The van der Waals surface area contributed by atoms with Crippen molar-refractivity contribution in [2.75, 3.05) is 25.0 Å². The van der Waals surface area contributed by atoms with Gasteiger partial charge in [-0.15, -0.1) is 11.3 Å². The van der Waals surface area contributed by atoms with Gasteiger partial charge in [-0.3, -0.25) is 4.79 Å². The van der Waals surface area contributed by atoms with Gasteiger partial charge in [-0.2, -0.15) is 9.78 Å². The minimum Gasteiger partial charge on any atom is -0.465 e. The maximum Gasteiger partial charge on any atom is 0.407 e. The molecule has 1 fully saturated rings. The molecule has 0 radical (unpaired) electrons. The number of carboxylic acid groups (broad SMARTS) is 1. The Hall–Kier alpha value is -2.06. The fraction of sp³-hybridized carbons (Fsp3) is 0.500. The minimum absolute atomic E-state index is 0.0193. The Kier molecular flexibility index (Phi) is 5.22. The summed E-state index contributed by atoms with van der Waals surface area (Å²) in [6, 6.07) is 5.59. The molecule has 1 atom stereocenters. The summed E-state index contributed by atoms with van der Waals surface area (Å²) >= 11 is 7.48. The molecule has 0 aliphatic carbocycles. The van der Waals surface area contributed by atoms with E-state index in [-0.39, 0.29) is 11.8 Å². The van der Waals surface area contributed by atoms with Crippen LogP contribution in [0.15, 0.2) is 18.2 Å². The molecule has 3 heterocycles. The van der Waals surface area contributed by atoms with Crippen LogP contribution in [0.3, 0.4) is 0 Å². The Balaban J connectivity index is 1.99. The van der Waals surface area contributed by atoms with Gasteiger partial charge in [0.05, 0.1) is 15.0 Å². The average Bonchev–Trinajstić information content (AvgIpc) is 3.30. The number of rotatable bonds is 3. The van der Waals surface area contributed by atoms with Gasteiger partial charge < -0.3 is 14.9 Å². The first-order valence-corrected chi connectivity index (χ1v) is 9.89. The predicted molar refractivity (Wildman–Crippen MR) is 107 cm³/mol. The average molecular weight is 411 g/mol. The van der Waals surface area contributed by atoms with Crippen molar-refractivity contribution >= 4 is 45.8 Å². The number of aromatic nitrogens is 2. The van der Waals surface area contributed by atoms with Crippen LogP contribution < -0.4 is 4.90 Å². The summed E-state index contributed by atoms with van der Waals surface area (Å²) in [5.74, 6) is 0.512. The van der Waals surface area contributed by atoms with Crippen LogP contribution >= 0.6 is 22.9 Å². The molecule has 1 aliphatic heterocycles. The van der Waals surface area contributed by atoms with Crippen LogP contribution in [0, 0.1) is 5.41 Å². The van der Waals surface area contributed by atoms with Crippen molar-refractivity contribution in [2.45, 2.75) is 33.1 Å². The third-order valence-electron chi connectivity index (χ3n) is 4.65. The van der Waals surface area contributed by atoms with Crippen LogP contribution in [0.1, 0.15) is 43.6 Å². The van der Waals surface area contributed by atoms with Gasteiger partial charge in [0.15, 0.2) is 0 Å². The van der Waals surface area contributed by atoms with Gasteiger partial charge in [0, 0.05) is 37.5 Å². The van der Waals surface area contributed by atoms with E-state index < -0.39 is 11.5 Å². The molecular formula is C18H23ClN4O3S. The van der Waals surface area contributed by atoms with E-state index in [9.17, 15) is 14.7 Å². The van der Waals surface area contributed by atoms with Gasteiger partial charge in [-0.25, -0.2) is 4.79 Å². The molecule has 1 aliphatic rings. The largest absolute Gasteiger partial charge is 0.465 e. The van der Waals surface area contributed by atoms with Gasteiger partial charge in [-0.1, -0.05) is 32.4 Å². The summed E-state index contributed by atoms with van der Waals surface area (Å²) in [7, 11) is 1.87. The zero-order valence-electron chi connectivity index (χ0n) is 15.8. The zero-order valence-corrected chi connectivity index (χ0v) is 17.3. The minimum atomic E-state index is -0.923. The molecule has 2 aromatic rings. The van der Waals surface area contributed by atoms with Gasteiger partial charge in [0.1, 0.15) is 5.82 Å². The number of halogens is 1. The maximum absolute atomic E-state index is 13.0. The van der Waals surface area contributed by atoms with E-state index in [1.807, 2.05) is 50.9 Å². The Morgan fingerprint density at radius 2 is 2.07 bits per heavy atom. The number of nitrogens with zero attached hydrogens (tertiary/aromatic N) is 4. The molecule has 1 unspecified atom stereocenters. The van der Waals surface area contributed by atoms with E-state index in [2.05, 4.69) is 5.10 Å². The van der Waals surface area contributed by atoms with Crippen LogP contribution in [0.25, 0.3) is 0 Å². The lowest BCUT2D eigenvalue weighted by atomic mass is 9.96. The number of amides is 1. The van der Waals surface area contributed by atoms with Crippen molar-refractivity contribution in [1.82, 2.24) is 14.7 Å². The lowest BCUT2D eigenvalue weighted by Gasteiger charge is -2.22. The summed E-state index contributed by atoms with van der Waals surface area (Å²) in [5, 5.41) is 14.7. The normalized spacial score (nSPS) is 17.4. The molecule has 0 saturated carbocycles. The second-order valence-electron chi connectivity index (χ2n) is 7.75. The molecular weight excluding hydrogens is 388 g/mol. The Morgan fingerprint density at radius 3 is 2.59 bits per heavy atom. The quantitative estimate of drug-likeness (QED) is 0.804. The van der Waals surface area contributed by atoms with Crippen LogP contribution in [0.4, 0.5) is 15.6 Å². The smallest absolute Gasteiger partial charge is 0.407 e. The number of anilines is 2. The topological polar surface area (TPSA) is 78.7 Å². The van der Waals surface area contributed by atoms with Gasteiger partial charge in [-0.05, 0) is 18.6 Å². The highest BCUT2D eigenvalue weighted by atomic mass is 35.5. The lowest BCUT2D eigenvalue weighted by Crippen LogP contribution is -2.30. The van der Waals surface area contributed by atoms with Crippen molar-refractivity contribution < 1.29 is 14.7 Å². The van der Waals surface area contributed by atoms with Crippen molar-refractivity contribution in [2.24, 2.45) is 5.41 Å². The zero-order chi connectivity index (χ0) is 19.9. The van der Waals surface area contributed by atoms with Crippen molar-refractivity contribution in [3.8, 4) is 0 Å². The first-order chi connectivity index (χ1) is 12.6. The van der Waals surface area contributed by atoms with E-state index in [1.54, 1.807) is 0 Å². The van der Waals surface area contributed by atoms with Gasteiger partial charge >= 0.3 is 6.09 Å². The number of likely N-dealkylation sites (tertiary alicyclic amines) is 1. The third kappa shape index (κ3) is 3.96. The lowest BCUT2D eigenvalue weighted by molar-refractivity contribution is 0.0750. The summed E-state index contributed by atoms with van der Waals surface area (Å²) in [5.41, 5.74) is 0.134. The molecule has 27 heavy (non-hydrogen) atoms. The summed E-state index contributed by atoms with van der Waals surface area (Å²) in [6.45, 7) is 6.43. The summed E-state index contributed by atoms with van der Waals surface area (Å²) in [4.78, 5) is 27.5. The predicted octanol–water partition coefficient (Wildman–Crippen LogP) is 4.52. The fourth-order valence-corrected chi connectivity index (χ4v) is 4.07. The monoisotopic (exact) mass is 410 g/mol. The standard InChI is InChI=1S/C18H23ClN4O3S/c1-18(2,3)16(24)23-14(21(4)15-6-5-13(19)27-15)9-12(20-23)11-7-8-22(10-11)17(25)26/h5-6,9,11H,7-8,10H2,1-4H3,(H,25,26). The molecule has 7 nitrogen and oxygen atoms in total. The number of hydrogen-bond acceptors (Lipinski definition) is 5. The van der Waals surface area contributed by atoms with Crippen molar-refractivity contribution in [1.29, 1.82) is 0 Å². The highest BCUT2D eigenvalue weighted by Crippen LogP contribution is 2.36. The Morgan fingerprint density at radius 1 is 1.37 bits per heavy atom. The van der Waals surface area contributed by atoms with E-state index in [4.69, 9.17) is 11.6 Å². The van der Waals surface area contributed by atoms with Crippen LogP contribution in [0.5, 0.6) is 0 Å². The second kappa shape index (κ2) is 7.16. The highest BCUT2D eigenvalue weighted by molar-refractivity contribution is 7.20. The number of carbonyl (C=O) groups is 2. The first-order valence-electron chi connectivity index (χ1n) is 8.69. The van der Waals surface area contributed by atoms with Gasteiger partial charge in [0.25, 0.3) is 5.91 Å². The van der Waals surface area contributed by atoms with Crippen LogP contribution in [-0.4, -0.2) is 51.9 Å². The van der Waals surface area contributed by atoms with E-state index in [0.717, 1.165) is 10.7 Å². The molecule has 0 aromatic carbocycles. The third-order valence-corrected chi connectivity index (χ3v) is 5.96. The van der Waals surface area contributed by atoms with E-state index in [1.165, 1.54) is 20.9 Å². The molecule has 0 spiro atoms. The molecule has 1 saturated heterocycles. The summed E-state index contributed by atoms with van der Waals surface area (Å²) < 4.78 is 2.10. The molecule has 9 heteroatoms. The second-order valence-corrected chi connectivity index (χ2v) is 9.44. The summed E-state index contributed by atoms with van der Waals surface area (Å²) in [6.07, 6.45) is -0.227. The first kappa shape index (κ1) is 19.7. The molecule has 1 amide bonds. The number of hydrogen-bond donors (Lipinski definition) is 1. The Bertz CT molecular complexity index is 870. The molecule has 2 aromatic heterocycles. The molecule has 0 bridgehead atoms. The van der Waals surface area contributed by atoms with Crippen molar-refractivity contribution in [3.63, 3.8) is 0 Å². The highest BCUT2D eigenvalue weighted by Gasteiger charge is 2.33. The van der Waals surface area contributed by atoms with Crippen LogP contribution in [0.2, 0.25) is 4.34 Å². The van der Waals surface area contributed by atoms with Crippen LogP contribution in [-0.2, 0) is 0 Å². The molecule has 1 N–H and O–H groups in total. The number of carbonyl (C=O) groups excluding carboxylic acids is 1. The fourth-order valence-electron chi connectivity index (χ4n) is 3.07. The Labute approximate surface area is 167 Å². The van der Waals surface area contributed by atoms with Gasteiger partial charge in [0.2, 0.25) is 0 Å². The number of thiophene rings is 1. The van der Waals surface area contributed by atoms with E-state index in [0.29, 0.717) is 29.7 Å². The molecule has 146 valence electrons. The van der Waals surface area contributed by atoms with E-state index >= 15 is 0 Å². The molecule has 3 rings (SSSR count). The maximum atomic E-state index is 13.0.